The van der Waals surface area contributed by atoms with Crippen LogP contribution in [0.15, 0.2) is 17.0 Å². The Labute approximate surface area is 110 Å². The van der Waals surface area contributed by atoms with E-state index in [1.54, 1.807) is 6.92 Å². The van der Waals surface area contributed by atoms with Gasteiger partial charge in [-0.2, -0.15) is 0 Å². The maximum atomic E-state index is 11.9. The largest absolute Gasteiger partial charge is 0.494 e. The Kier molecular flexibility index (Phi) is 4.55. The third-order valence-electron chi connectivity index (χ3n) is 2.08. The smallest absolute Gasteiger partial charge is 0.339 e. The molecule has 0 aliphatic rings. The molecule has 0 aliphatic heterocycles. The van der Waals surface area contributed by atoms with E-state index < -0.39 is 16.0 Å². The highest BCUT2D eigenvalue weighted by Gasteiger charge is 2.25. The predicted octanol–water partition coefficient (Wildman–Crippen LogP) is 1.34. The van der Waals surface area contributed by atoms with E-state index in [0.717, 1.165) is 12.1 Å². The van der Waals surface area contributed by atoms with Crippen LogP contribution in [0.2, 0.25) is 5.02 Å². The lowest BCUT2D eigenvalue weighted by atomic mass is 10.2. The number of aromatic carboxylic acids is 1. The Morgan fingerprint density at radius 1 is 1.50 bits per heavy atom. The average molecular weight is 294 g/mol. The molecule has 0 spiro atoms. The van der Waals surface area contributed by atoms with Gasteiger partial charge in [-0.05, 0) is 12.1 Å². The van der Waals surface area contributed by atoms with Gasteiger partial charge in [0.1, 0.15) is 10.5 Å². The second-order valence-electron chi connectivity index (χ2n) is 3.29. The van der Waals surface area contributed by atoms with Crippen molar-refractivity contribution in [1.29, 1.82) is 0 Å². The fraction of sp³-hybridized carbons (Fsp3) is 0.300. The SMILES string of the molecule is CCNS(=O)(=O)c1cc(Cl)cc(C(=O)O)c1OC. The van der Waals surface area contributed by atoms with Gasteiger partial charge < -0.3 is 9.84 Å². The summed E-state index contributed by atoms with van der Waals surface area (Å²) in [6, 6.07) is 2.28. The highest BCUT2D eigenvalue weighted by atomic mass is 35.5. The van der Waals surface area contributed by atoms with Crippen molar-refractivity contribution >= 4 is 27.6 Å². The molecule has 0 amide bonds. The van der Waals surface area contributed by atoms with E-state index in [1.807, 2.05) is 0 Å². The first-order chi connectivity index (χ1) is 8.33. The van der Waals surface area contributed by atoms with Gasteiger partial charge in [-0.3, -0.25) is 0 Å². The summed E-state index contributed by atoms with van der Waals surface area (Å²) >= 11 is 5.72. The molecule has 0 heterocycles. The fourth-order valence-electron chi connectivity index (χ4n) is 1.41. The van der Waals surface area contributed by atoms with E-state index in [2.05, 4.69) is 4.72 Å². The molecule has 0 bridgehead atoms. The zero-order chi connectivity index (χ0) is 13.9. The summed E-state index contributed by atoms with van der Waals surface area (Å²) in [5.41, 5.74) is -0.304. The van der Waals surface area contributed by atoms with Crippen LogP contribution in [0.25, 0.3) is 0 Å². The number of ether oxygens (including phenoxy) is 1. The van der Waals surface area contributed by atoms with Crippen LogP contribution in [-0.2, 0) is 10.0 Å². The third-order valence-corrected chi connectivity index (χ3v) is 3.85. The molecule has 0 saturated carbocycles. The number of sulfonamides is 1. The van der Waals surface area contributed by atoms with Crippen LogP contribution < -0.4 is 9.46 Å². The molecule has 0 aromatic heterocycles. The van der Waals surface area contributed by atoms with Gasteiger partial charge in [0.25, 0.3) is 0 Å². The molecule has 2 N–H and O–H groups in total. The van der Waals surface area contributed by atoms with Gasteiger partial charge in [-0.15, -0.1) is 0 Å². The molecule has 100 valence electrons. The number of carboxylic acids is 1. The van der Waals surface area contributed by atoms with E-state index in [4.69, 9.17) is 21.4 Å². The summed E-state index contributed by atoms with van der Waals surface area (Å²) in [5, 5.41) is 8.99. The van der Waals surface area contributed by atoms with Crippen LogP contribution in [0.5, 0.6) is 5.75 Å². The number of hydrogen-bond acceptors (Lipinski definition) is 4. The van der Waals surface area contributed by atoms with Crippen molar-refractivity contribution in [3.8, 4) is 5.75 Å². The lowest BCUT2D eigenvalue weighted by molar-refractivity contribution is 0.0693. The molecule has 6 nitrogen and oxygen atoms in total. The third kappa shape index (κ3) is 2.92. The molecule has 0 radical (unpaired) electrons. The molecule has 0 saturated heterocycles. The zero-order valence-corrected chi connectivity index (χ0v) is 11.3. The van der Waals surface area contributed by atoms with E-state index in [9.17, 15) is 13.2 Å². The first kappa shape index (κ1) is 14.7. The number of carboxylic acid groups (broad SMARTS) is 1. The fourth-order valence-corrected chi connectivity index (χ4v) is 2.94. The normalized spacial score (nSPS) is 11.3. The van der Waals surface area contributed by atoms with Crippen LogP contribution in [0.4, 0.5) is 0 Å². The first-order valence-electron chi connectivity index (χ1n) is 4.94. The summed E-state index contributed by atoms with van der Waals surface area (Å²) in [7, 11) is -2.66. The van der Waals surface area contributed by atoms with Crippen molar-refractivity contribution in [3.63, 3.8) is 0 Å². The van der Waals surface area contributed by atoms with E-state index >= 15 is 0 Å². The van der Waals surface area contributed by atoms with Gasteiger partial charge in [-0.1, -0.05) is 18.5 Å². The summed E-state index contributed by atoms with van der Waals surface area (Å²) in [4.78, 5) is 10.7. The van der Waals surface area contributed by atoms with Crippen molar-refractivity contribution in [2.75, 3.05) is 13.7 Å². The molecule has 0 unspecified atom stereocenters. The lowest BCUT2D eigenvalue weighted by Gasteiger charge is -2.12. The summed E-state index contributed by atoms with van der Waals surface area (Å²) in [6.07, 6.45) is 0. The van der Waals surface area contributed by atoms with E-state index in [-0.39, 0.29) is 27.8 Å². The molecule has 1 aromatic carbocycles. The second-order valence-corrected chi connectivity index (χ2v) is 5.46. The molecule has 0 aliphatic carbocycles. The maximum absolute atomic E-state index is 11.9. The highest BCUT2D eigenvalue weighted by Crippen LogP contribution is 2.31. The standard InChI is InChI=1S/C10H12ClNO5S/c1-3-12-18(15,16)8-5-6(11)4-7(10(13)14)9(8)17-2/h4-5,12H,3H2,1-2H3,(H,13,14). The van der Waals surface area contributed by atoms with Gasteiger partial charge in [-0.25, -0.2) is 17.9 Å². The van der Waals surface area contributed by atoms with Gasteiger partial charge in [0.2, 0.25) is 10.0 Å². The molecule has 8 heteroatoms. The second kappa shape index (κ2) is 5.55. The van der Waals surface area contributed by atoms with Gasteiger partial charge in [0, 0.05) is 11.6 Å². The molecule has 1 rings (SSSR count). The van der Waals surface area contributed by atoms with Crippen LogP contribution in [0.3, 0.4) is 0 Å². The van der Waals surface area contributed by atoms with Crippen LogP contribution >= 0.6 is 11.6 Å². The summed E-state index contributed by atoms with van der Waals surface area (Å²) in [5.74, 6) is -1.56. The number of hydrogen-bond donors (Lipinski definition) is 2. The predicted molar refractivity (Wildman–Crippen MR) is 65.8 cm³/mol. The van der Waals surface area contributed by atoms with Crippen molar-refractivity contribution in [3.05, 3.63) is 22.7 Å². The number of nitrogens with one attached hydrogen (secondary N) is 1. The van der Waals surface area contributed by atoms with Gasteiger partial charge in [0.05, 0.1) is 7.11 Å². The Morgan fingerprint density at radius 2 is 2.11 bits per heavy atom. The highest BCUT2D eigenvalue weighted by molar-refractivity contribution is 7.89. The Hall–Kier alpha value is -1.31. The summed E-state index contributed by atoms with van der Waals surface area (Å²) in [6.45, 7) is 1.77. The Balaban J connectivity index is 3.58. The molecule has 18 heavy (non-hydrogen) atoms. The zero-order valence-electron chi connectivity index (χ0n) is 9.73. The average Bonchev–Trinajstić information content (AvgIpc) is 2.27. The topological polar surface area (TPSA) is 92.7 Å². The number of methoxy groups -OCH3 is 1. The lowest BCUT2D eigenvalue weighted by Crippen LogP contribution is -2.24. The number of carbonyl (C=O) groups is 1. The minimum atomic E-state index is -3.85. The van der Waals surface area contributed by atoms with Crippen molar-refractivity contribution in [2.45, 2.75) is 11.8 Å². The van der Waals surface area contributed by atoms with Crippen molar-refractivity contribution in [2.24, 2.45) is 0 Å². The monoisotopic (exact) mass is 293 g/mol. The van der Waals surface area contributed by atoms with Crippen LogP contribution in [0, 0.1) is 0 Å². The van der Waals surface area contributed by atoms with Crippen molar-refractivity contribution < 1.29 is 23.1 Å². The minimum absolute atomic E-state index is 0.00433. The van der Waals surface area contributed by atoms with Crippen molar-refractivity contribution in [1.82, 2.24) is 4.72 Å². The quantitative estimate of drug-likeness (QED) is 0.855. The number of rotatable bonds is 5. The van der Waals surface area contributed by atoms with Crippen LogP contribution in [0.1, 0.15) is 17.3 Å². The Morgan fingerprint density at radius 3 is 2.56 bits per heavy atom. The maximum Gasteiger partial charge on any atom is 0.339 e. The molecular formula is C10H12ClNO5S. The Bertz CT molecular complexity index is 570. The van der Waals surface area contributed by atoms with E-state index in [0.29, 0.717) is 0 Å². The summed E-state index contributed by atoms with van der Waals surface area (Å²) < 4.78 is 30.9. The van der Waals surface area contributed by atoms with Gasteiger partial charge in [0.15, 0.2) is 5.75 Å². The number of benzene rings is 1. The van der Waals surface area contributed by atoms with E-state index in [1.165, 1.54) is 7.11 Å². The molecule has 0 atom stereocenters. The van der Waals surface area contributed by atoms with Gasteiger partial charge >= 0.3 is 5.97 Å². The molecular weight excluding hydrogens is 282 g/mol. The molecule has 0 fully saturated rings. The molecule has 1 aromatic rings. The first-order valence-corrected chi connectivity index (χ1v) is 6.80. The number of halogens is 1. The van der Waals surface area contributed by atoms with Crippen LogP contribution in [-0.4, -0.2) is 33.1 Å². The minimum Gasteiger partial charge on any atom is -0.494 e.